The van der Waals surface area contributed by atoms with Crippen molar-refractivity contribution in [1.29, 1.82) is 0 Å². The Balaban J connectivity index is 1.98. The molecular weight excluding hydrogens is 238 g/mol. The van der Waals surface area contributed by atoms with Gasteiger partial charge in [-0.3, -0.25) is 9.69 Å². The van der Waals surface area contributed by atoms with Crippen LogP contribution >= 0.6 is 0 Å². The maximum Gasteiger partial charge on any atom is 0.177 e. The van der Waals surface area contributed by atoms with Gasteiger partial charge in [0.1, 0.15) is 0 Å². The van der Waals surface area contributed by atoms with Crippen molar-refractivity contribution in [1.82, 2.24) is 4.90 Å². The maximum atomic E-state index is 12.3. The van der Waals surface area contributed by atoms with Crippen LogP contribution in [0.4, 0.5) is 0 Å². The molecular formula is C16H23NO2. The lowest BCUT2D eigenvalue weighted by molar-refractivity contribution is -0.00420. The molecule has 2 rings (SSSR count). The summed E-state index contributed by atoms with van der Waals surface area (Å²) in [5.41, 5.74) is 2.50. The molecule has 0 amide bonds. The van der Waals surface area contributed by atoms with Crippen LogP contribution in [0, 0.1) is 13.8 Å². The highest BCUT2D eigenvalue weighted by Crippen LogP contribution is 2.21. The smallest absolute Gasteiger partial charge is 0.177 e. The summed E-state index contributed by atoms with van der Waals surface area (Å²) in [6.07, 6.45) is 1.49. The molecule has 0 atom stereocenters. The lowest BCUT2D eigenvalue weighted by atomic mass is 9.93. The molecule has 0 saturated carbocycles. The highest BCUT2D eigenvalue weighted by atomic mass is 16.3. The van der Waals surface area contributed by atoms with E-state index < -0.39 is 5.60 Å². The van der Waals surface area contributed by atoms with E-state index in [1.165, 1.54) is 5.56 Å². The van der Waals surface area contributed by atoms with Gasteiger partial charge in [0.15, 0.2) is 5.78 Å². The van der Waals surface area contributed by atoms with Gasteiger partial charge < -0.3 is 5.11 Å². The van der Waals surface area contributed by atoms with Gasteiger partial charge in [-0.2, -0.15) is 0 Å². The Morgan fingerprint density at radius 1 is 1.32 bits per heavy atom. The third kappa shape index (κ3) is 3.64. The number of rotatable bonds is 3. The summed E-state index contributed by atoms with van der Waals surface area (Å²) in [4.78, 5) is 14.4. The number of nitrogens with zero attached hydrogens (tertiary/aromatic N) is 1. The summed E-state index contributed by atoms with van der Waals surface area (Å²) in [5.74, 6) is 0.180. The third-order valence-electron chi connectivity index (χ3n) is 3.98. The number of hydrogen-bond acceptors (Lipinski definition) is 3. The third-order valence-corrected chi connectivity index (χ3v) is 3.98. The van der Waals surface area contributed by atoms with Gasteiger partial charge in [0.2, 0.25) is 0 Å². The lowest BCUT2D eigenvalue weighted by Gasteiger charge is -2.35. The van der Waals surface area contributed by atoms with E-state index in [0.717, 1.165) is 37.1 Å². The fourth-order valence-electron chi connectivity index (χ4n) is 2.61. The average molecular weight is 261 g/mol. The Morgan fingerprint density at radius 2 is 1.95 bits per heavy atom. The first-order valence-corrected chi connectivity index (χ1v) is 6.93. The number of likely N-dealkylation sites (tertiary alicyclic amines) is 1. The van der Waals surface area contributed by atoms with E-state index in [-0.39, 0.29) is 5.78 Å². The second-order valence-corrected chi connectivity index (χ2v) is 6.01. The summed E-state index contributed by atoms with van der Waals surface area (Å²) in [6, 6.07) is 5.96. The SMILES string of the molecule is Cc1ccc(C(=O)CN2CCC(C)(O)CC2)c(C)c1. The molecule has 19 heavy (non-hydrogen) atoms. The molecule has 0 unspecified atom stereocenters. The standard InChI is InChI=1S/C16H23NO2/c1-12-4-5-14(13(2)10-12)15(18)11-17-8-6-16(3,19)7-9-17/h4-5,10,19H,6-9,11H2,1-3H3. The first kappa shape index (κ1) is 14.2. The zero-order valence-corrected chi connectivity index (χ0v) is 12.1. The van der Waals surface area contributed by atoms with Crippen molar-refractivity contribution in [3.8, 4) is 0 Å². The van der Waals surface area contributed by atoms with Crippen LogP contribution in [-0.2, 0) is 0 Å². The molecule has 0 spiro atoms. The largest absolute Gasteiger partial charge is 0.390 e. The summed E-state index contributed by atoms with van der Waals surface area (Å²) >= 11 is 0. The monoisotopic (exact) mass is 261 g/mol. The quantitative estimate of drug-likeness (QED) is 0.849. The fourth-order valence-corrected chi connectivity index (χ4v) is 2.61. The predicted octanol–water partition coefficient (Wildman–Crippen LogP) is 2.33. The summed E-state index contributed by atoms with van der Waals surface area (Å²) < 4.78 is 0. The van der Waals surface area contributed by atoms with Crippen LogP contribution in [0.2, 0.25) is 0 Å². The van der Waals surface area contributed by atoms with Crippen molar-refractivity contribution in [2.75, 3.05) is 19.6 Å². The van der Waals surface area contributed by atoms with E-state index >= 15 is 0 Å². The second-order valence-electron chi connectivity index (χ2n) is 6.01. The van der Waals surface area contributed by atoms with Crippen molar-refractivity contribution < 1.29 is 9.90 Å². The Bertz CT molecular complexity index is 470. The Labute approximate surface area is 115 Å². The topological polar surface area (TPSA) is 40.5 Å². The normalized spacial score (nSPS) is 19.4. The van der Waals surface area contributed by atoms with Gasteiger partial charge >= 0.3 is 0 Å². The van der Waals surface area contributed by atoms with Gasteiger partial charge in [-0.05, 0) is 39.2 Å². The molecule has 1 aliphatic heterocycles. The molecule has 0 aliphatic carbocycles. The Morgan fingerprint density at radius 3 is 2.53 bits per heavy atom. The van der Waals surface area contributed by atoms with E-state index in [2.05, 4.69) is 4.90 Å². The minimum absolute atomic E-state index is 0.180. The number of piperidine rings is 1. The minimum atomic E-state index is -0.556. The molecule has 1 aromatic rings. The Hall–Kier alpha value is -1.19. The van der Waals surface area contributed by atoms with E-state index in [4.69, 9.17) is 0 Å². The number of carbonyl (C=O) groups is 1. The van der Waals surface area contributed by atoms with Crippen molar-refractivity contribution in [2.45, 2.75) is 39.2 Å². The number of benzene rings is 1. The molecule has 1 fully saturated rings. The van der Waals surface area contributed by atoms with Crippen molar-refractivity contribution in [2.24, 2.45) is 0 Å². The molecule has 1 aliphatic rings. The van der Waals surface area contributed by atoms with Crippen LogP contribution in [0.1, 0.15) is 41.3 Å². The summed E-state index contributed by atoms with van der Waals surface area (Å²) in [5, 5.41) is 9.91. The second kappa shape index (κ2) is 5.43. The highest BCUT2D eigenvalue weighted by Gasteiger charge is 2.28. The molecule has 1 heterocycles. The molecule has 0 radical (unpaired) electrons. The van der Waals surface area contributed by atoms with Crippen molar-refractivity contribution in [3.05, 3.63) is 34.9 Å². The molecule has 3 heteroatoms. The number of Topliss-reactive ketones (excluding diaryl/α,β-unsaturated/α-hetero) is 1. The van der Waals surface area contributed by atoms with Gasteiger partial charge in [0.05, 0.1) is 12.1 Å². The fraction of sp³-hybridized carbons (Fsp3) is 0.562. The van der Waals surface area contributed by atoms with Crippen molar-refractivity contribution >= 4 is 5.78 Å². The van der Waals surface area contributed by atoms with Crippen LogP contribution in [0.5, 0.6) is 0 Å². The lowest BCUT2D eigenvalue weighted by Crippen LogP contribution is -2.44. The molecule has 0 aromatic heterocycles. The average Bonchev–Trinajstić information content (AvgIpc) is 2.31. The van der Waals surface area contributed by atoms with E-state index in [1.807, 2.05) is 39.0 Å². The first-order chi connectivity index (χ1) is 8.87. The van der Waals surface area contributed by atoms with Crippen LogP contribution in [0.3, 0.4) is 0 Å². The molecule has 1 saturated heterocycles. The van der Waals surface area contributed by atoms with Crippen LogP contribution in [-0.4, -0.2) is 41.0 Å². The molecule has 1 N–H and O–H groups in total. The number of aliphatic hydroxyl groups is 1. The van der Waals surface area contributed by atoms with Gasteiger partial charge in [0.25, 0.3) is 0 Å². The van der Waals surface area contributed by atoms with Crippen LogP contribution in [0.25, 0.3) is 0 Å². The minimum Gasteiger partial charge on any atom is -0.390 e. The number of aryl methyl sites for hydroxylation is 2. The van der Waals surface area contributed by atoms with Crippen LogP contribution < -0.4 is 0 Å². The number of hydrogen-bond donors (Lipinski definition) is 1. The maximum absolute atomic E-state index is 12.3. The van der Waals surface area contributed by atoms with Gasteiger partial charge in [-0.15, -0.1) is 0 Å². The summed E-state index contributed by atoms with van der Waals surface area (Å²) in [7, 11) is 0. The molecule has 104 valence electrons. The first-order valence-electron chi connectivity index (χ1n) is 6.93. The van der Waals surface area contributed by atoms with E-state index in [9.17, 15) is 9.90 Å². The van der Waals surface area contributed by atoms with Gasteiger partial charge in [0, 0.05) is 18.7 Å². The predicted molar refractivity (Wildman–Crippen MR) is 76.5 cm³/mol. The summed E-state index contributed by atoms with van der Waals surface area (Å²) in [6.45, 7) is 7.94. The molecule has 0 bridgehead atoms. The zero-order valence-electron chi connectivity index (χ0n) is 12.1. The number of ketones is 1. The highest BCUT2D eigenvalue weighted by molar-refractivity contribution is 5.98. The Kier molecular flexibility index (Phi) is 4.07. The zero-order chi connectivity index (χ0) is 14.0. The van der Waals surface area contributed by atoms with Crippen molar-refractivity contribution in [3.63, 3.8) is 0 Å². The van der Waals surface area contributed by atoms with Crippen LogP contribution in [0.15, 0.2) is 18.2 Å². The van der Waals surface area contributed by atoms with Gasteiger partial charge in [-0.1, -0.05) is 23.8 Å². The van der Waals surface area contributed by atoms with Gasteiger partial charge in [-0.25, -0.2) is 0 Å². The number of carbonyl (C=O) groups excluding carboxylic acids is 1. The van der Waals surface area contributed by atoms with E-state index in [1.54, 1.807) is 0 Å². The molecule has 3 nitrogen and oxygen atoms in total. The molecule has 1 aromatic carbocycles. The van der Waals surface area contributed by atoms with E-state index in [0.29, 0.717) is 6.54 Å².